The summed E-state index contributed by atoms with van der Waals surface area (Å²) in [5.74, 6) is -2.53. The number of carbonyl (C=O) groups is 2. The van der Waals surface area contributed by atoms with Gasteiger partial charge in [-0.05, 0) is 63.2 Å². The van der Waals surface area contributed by atoms with Crippen molar-refractivity contribution in [2.75, 3.05) is 24.5 Å². The fraction of sp³-hybridized carbons (Fsp3) is 0.310. The summed E-state index contributed by atoms with van der Waals surface area (Å²) in [6.45, 7) is 5.80. The van der Waals surface area contributed by atoms with Crippen LogP contribution < -0.4 is 9.04 Å². The van der Waals surface area contributed by atoms with E-state index in [1.54, 1.807) is 24.3 Å². The van der Waals surface area contributed by atoms with E-state index in [0.717, 1.165) is 22.5 Å². The summed E-state index contributed by atoms with van der Waals surface area (Å²) < 4.78 is 68.9. The van der Waals surface area contributed by atoms with E-state index in [1.165, 1.54) is 63.9 Å². The second kappa shape index (κ2) is 12.9. The van der Waals surface area contributed by atoms with Gasteiger partial charge in [0.15, 0.2) is 5.60 Å². The number of likely N-dealkylation sites (N-methyl/N-ethyl adjacent to an activating group) is 1. The zero-order valence-electron chi connectivity index (χ0n) is 23.2. The van der Waals surface area contributed by atoms with E-state index in [1.807, 2.05) is 0 Å². The molecule has 1 atom stereocenters. The number of hydrogen-bond acceptors (Lipinski definition) is 6. The number of ether oxygens (including phenoxy) is 2. The molecule has 1 amide bonds. The van der Waals surface area contributed by atoms with Gasteiger partial charge in [0, 0.05) is 30.6 Å². The van der Waals surface area contributed by atoms with Gasteiger partial charge in [-0.25, -0.2) is 17.2 Å². The van der Waals surface area contributed by atoms with E-state index in [0.29, 0.717) is 10.6 Å². The molecule has 0 aliphatic carbocycles. The van der Waals surface area contributed by atoms with Crippen LogP contribution in [0.5, 0.6) is 5.75 Å². The summed E-state index contributed by atoms with van der Waals surface area (Å²) in [6.07, 6.45) is 0. The quantitative estimate of drug-likeness (QED) is 0.257. The summed E-state index contributed by atoms with van der Waals surface area (Å²) in [6, 6.07) is 13.4. The van der Waals surface area contributed by atoms with Crippen molar-refractivity contribution in [1.29, 1.82) is 0 Å². The van der Waals surface area contributed by atoms with Crippen molar-refractivity contribution in [3.8, 4) is 5.75 Å². The van der Waals surface area contributed by atoms with Gasteiger partial charge in [0.25, 0.3) is 15.9 Å². The number of sulfonamides is 1. The topological polar surface area (TPSA) is 93.2 Å². The second-order valence-corrected chi connectivity index (χ2v) is 12.0. The number of carbonyl (C=O) groups excluding carboxylic acids is 2. The van der Waals surface area contributed by atoms with Crippen LogP contribution in [-0.4, -0.2) is 51.0 Å². The Bertz CT molecular complexity index is 1520. The molecule has 3 aromatic rings. The monoisotopic (exact) mass is 608 g/mol. The minimum absolute atomic E-state index is 0.000382. The molecule has 0 heterocycles. The van der Waals surface area contributed by atoms with Crippen molar-refractivity contribution in [2.24, 2.45) is 0 Å². The minimum Gasteiger partial charge on any atom is -0.491 e. The molecule has 0 aliphatic heterocycles. The smallest absolute Gasteiger partial charge is 0.303 e. The van der Waals surface area contributed by atoms with Crippen LogP contribution in [0.25, 0.3) is 0 Å². The third-order valence-corrected chi connectivity index (χ3v) is 8.33. The first kappa shape index (κ1) is 31.8. The van der Waals surface area contributed by atoms with E-state index < -0.39 is 50.9 Å². The van der Waals surface area contributed by atoms with Crippen molar-refractivity contribution < 1.29 is 36.3 Å². The second-order valence-electron chi connectivity index (χ2n) is 9.74. The third kappa shape index (κ3) is 7.53. The van der Waals surface area contributed by atoms with Crippen molar-refractivity contribution in [3.05, 3.63) is 89.0 Å². The number of benzene rings is 3. The van der Waals surface area contributed by atoms with E-state index >= 15 is 4.39 Å². The fourth-order valence-corrected chi connectivity index (χ4v) is 6.02. The Morgan fingerprint density at radius 3 is 2.29 bits per heavy atom. The maximum absolute atomic E-state index is 15.1. The Kier molecular flexibility index (Phi) is 9.98. The van der Waals surface area contributed by atoms with Gasteiger partial charge in [0.1, 0.15) is 24.0 Å². The zero-order chi connectivity index (χ0) is 30.5. The van der Waals surface area contributed by atoms with Gasteiger partial charge >= 0.3 is 5.97 Å². The summed E-state index contributed by atoms with van der Waals surface area (Å²) in [7, 11) is -2.90. The predicted molar refractivity (Wildman–Crippen MR) is 151 cm³/mol. The Hall–Kier alpha value is -3.70. The number of halogens is 3. The number of anilines is 1. The van der Waals surface area contributed by atoms with Crippen molar-refractivity contribution in [2.45, 2.75) is 44.2 Å². The normalized spacial score (nSPS) is 12.4. The maximum Gasteiger partial charge on any atom is 0.303 e. The lowest BCUT2D eigenvalue weighted by Gasteiger charge is -2.32. The van der Waals surface area contributed by atoms with Crippen LogP contribution in [-0.2, 0) is 24.3 Å². The molecular weight excluding hydrogens is 578 g/mol. The van der Waals surface area contributed by atoms with E-state index in [2.05, 4.69) is 0 Å². The first-order chi connectivity index (χ1) is 19.1. The summed E-state index contributed by atoms with van der Waals surface area (Å²) >= 11 is 5.94. The highest BCUT2D eigenvalue weighted by Gasteiger charge is 2.35. The Labute approximate surface area is 243 Å². The highest BCUT2D eigenvalue weighted by Crippen LogP contribution is 2.38. The van der Waals surface area contributed by atoms with Gasteiger partial charge in [0.05, 0.1) is 23.2 Å². The van der Waals surface area contributed by atoms with Crippen LogP contribution in [0, 0.1) is 11.6 Å². The third-order valence-electron chi connectivity index (χ3n) is 6.18. The summed E-state index contributed by atoms with van der Waals surface area (Å²) in [5.41, 5.74) is -1.50. The van der Waals surface area contributed by atoms with Gasteiger partial charge in [-0.3, -0.25) is 13.9 Å². The van der Waals surface area contributed by atoms with Crippen LogP contribution in [0.1, 0.15) is 39.3 Å². The van der Waals surface area contributed by atoms with Gasteiger partial charge in [-0.2, -0.15) is 0 Å². The van der Waals surface area contributed by atoms with E-state index in [4.69, 9.17) is 21.1 Å². The number of rotatable bonds is 11. The molecule has 3 aromatic carbocycles. The Balaban J connectivity index is 1.94. The molecule has 0 fully saturated rings. The number of amides is 1. The fourth-order valence-electron chi connectivity index (χ4n) is 4.26. The molecule has 220 valence electrons. The molecule has 12 heteroatoms. The van der Waals surface area contributed by atoms with E-state index in [-0.39, 0.29) is 23.8 Å². The zero-order valence-corrected chi connectivity index (χ0v) is 24.8. The molecule has 0 aliphatic rings. The van der Waals surface area contributed by atoms with Crippen molar-refractivity contribution in [3.63, 3.8) is 0 Å². The molecule has 1 unspecified atom stereocenters. The summed E-state index contributed by atoms with van der Waals surface area (Å²) in [4.78, 5) is 25.2. The van der Waals surface area contributed by atoms with Crippen LogP contribution >= 0.6 is 11.6 Å². The Morgan fingerprint density at radius 1 is 1.02 bits per heavy atom. The van der Waals surface area contributed by atoms with Gasteiger partial charge in [-0.1, -0.05) is 29.8 Å². The van der Waals surface area contributed by atoms with Gasteiger partial charge in [0.2, 0.25) is 0 Å². The van der Waals surface area contributed by atoms with Crippen LogP contribution in [0.3, 0.4) is 0 Å². The molecular formula is C29H31ClF2N2O6S. The Morgan fingerprint density at radius 2 is 1.66 bits per heavy atom. The number of esters is 1. The molecule has 0 saturated carbocycles. The standard InChI is InChI=1S/C29H31ClF2N2O6S/c1-19(24-8-6-7-9-27(24)39-17-16-33(5)28(36)29(3,4)40-20(2)35)34(26-18-22(31)12-15-25(26)32)41(37,38)23-13-10-21(30)11-14-23/h6-15,18-19H,16-17H2,1-5H3. The molecule has 3 rings (SSSR count). The van der Waals surface area contributed by atoms with Crippen LogP contribution in [0.2, 0.25) is 5.02 Å². The maximum atomic E-state index is 15.1. The number of nitrogens with zero attached hydrogens (tertiary/aromatic N) is 2. The number of para-hydroxylation sites is 1. The lowest BCUT2D eigenvalue weighted by atomic mass is 10.1. The number of hydrogen-bond donors (Lipinski definition) is 0. The predicted octanol–water partition coefficient (Wildman–Crippen LogP) is 5.75. The summed E-state index contributed by atoms with van der Waals surface area (Å²) in [5, 5.41) is 0.305. The molecule has 0 radical (unpaired) electrons. The van der Waals surface area contributed by atoms with Crippen LogP contribution in [0.4, 0.5) is 14.5 Å². The molecule has 0 saturated heterocycles. The first-order valence-electron chi connectivity index (χ1n) is 12.6. The van der Waals surface area contributed by atoms with E-state index in [9.17, 15) is 22.4 Å². The molecule has 0 bridgehead atoms. The molecule has 0 aromatic heterocycles. The van der Waals surface area contributed by atoms with Crippen molar-refractivity contribution in [1.82, 2.24) is 4.90 Å². The lowest BCUT2D eigenvalue weighted by Crippen LogP contribution is -2.47. The highest BCUT2D eigenvalue weighted by molar-refractivity contribution is 7.92. The highest BCUT2D eigenvalue weighted by atomic mass is 35.5. The van der Waals surface area contributed by atoms with Gasteiger partial charge < -0.3 is 14.4 Å². The molecule has 41 heavy (non-hydrogen) atoms. The largest absolute Gasteiger partial charge is 0.491 e. The average molecular weight is 609 g/mol. The van der Waals surface area contributed by atoms with Crippen molar-refractivity contribution >= 4 is 39.2 Å². The SMILES string of the molecule is CC(=O)OC(C)(C)C(=O)N(C)CCOc1ccccc1C(C)N(c1cc(F)ccc1F)S(=O)(=O)c1ccc(Cl)cc1. The minimum atomic E-state index is -4.43. The van der Waals surface area contributed by atoms with Crippen LogP contribution in [0.15, 0.2) is 71.6 Å². The molecule has 0 N–H and O–H groups in total. The molecule has 8 nitrogen and oxygen atoms in total. The average Bonchev–Trinajstić information content (AvgIpc) is 2.90. The van der Waals surface area contributed by atoms with Gasteiger partial charge in [-0.15, -0.1) is 0 Å². The lowest BCUT2D eigenvalue weighted by molar-refractivity contribution is -0.167. The molecule has 0 spiro atoms. The first-order valence-corrected chi connectivity index (χ1v) is 14.4.